The zero-order valence-corrected chi connectivity index (χ0v) is 18.0. The van der Waals surface area contributed by atoms with Gasteiger partial charge in [-0.15, -0.1) is 0 Å². The Labute approximate surface area is 175 Å². The fourth-order valence-electron chi connectivity index (χ4n) is 4.24. The van der Waals surface area contributed by atoms with Gasteiger partial charge in [0.2, 0.25) is 0 Å². The van der Waals surface area contributed by atoms with Gasteiger partial charge in [0.25, 0.3) is 11.8 Å². The monoisotopic (exact) mass is 409 g/mol. The molecule has 2 aromatic heterocycles. The number of carbonyl (C=O) groups is 2. The number of aryl methyl sites for hydroxylation is 2. The average Bonchev–Trinajstić information content (AvgIpc) is 3.15. The predicted octanol–water partition coefficient (Wildman–Crippen LogP) is 2.23. The fraction of sp³-hybridized carbons (Fsp3) is 0.409. The van der Waals surface area contributed by atoms with Crippen LogP contribution in [0.5, 0.6) is 5.75 Å². The van der Waals surface area contributed by atoms with Crippen LogP contribution in [0.25, 0.3) is 11.6 Å². The summed E-state index contributed by atoms with van der Waals surface area (Å²) in [5, 5.41) is 13.1. The molecule has 3 N–H and O–H groups in total. The smallest absolute Gasteiger partial charge is 0.257 e. The summed E-state index contributed by atoms with van der Waals surface area (Å²) in [5.41, 5.74) is 5.07. The maximum Gasteiger partial charge on any atom is 0.257 e. The molecule has 0 unspecified atom stereocenters. The first-order valence-corrected chi connectivity index (χ1v) is 10.1. The number of piperazine rings is 1. The summed E-state index contributed by atoms with van der Waals surface area (Å²) in [6.45, 7) is 10.4. The number of rotatable bonds is 2. The number of nitrogens with one attached hydrogen (secondary N) is 2. The first kappa shape index (κ1) is 20.2. The molecule has 0 saturated carbocycles. The van der Waals surface area contributed by atoms with Crippen LogP contribution >= 0.6 is 0 Å². The molecule has 0 atom stereocenters. The van der Waals surface area contributed by atoms with Crippen molar-refractivity contribution in [3.05, 3.63) is 39.3 Å². The van der Waals surface area contributed by atoms with Crippen molar-refractivity contribution in [2.75, 3.05) is 38.5 Å². The van der Waals surface area contributed by atoms with Crippen LogP contribution in [0, 0.1) is 27.7 Å². The van der Waals surface area contributed by atoms with Crippen molar-refractivity contribution in [1.82, 2.24) is 19.8 Å². The van der Waals surface area contributed by atoms with E-state index in [0.29, 0.717) is 52.6 Å². The lowest BCUT2D eigenvalue weighted by atomic mass is 10.00. The molecule has 0 bridgehead atoms. The summed E-state index contributed by atoms with van der Waals surface area (Å²) in [5.74, 6) is 0.278. The molecule has 0 aromatic carbocycles. The summed E-state index contributed by atoms with van der Waals surface area (Å²) in [6.07, 6.45) is 1.74. The van der Waals surface area contributed by atoms with Crippen molar-refractivity contribution in [2.24, 2.45) is 0 Å². The summed E-state index contributed by atoms with van der Waals surface area (Å²) in [6, 6.07) is 0. The van der Waals surface area contributed by atoms with Gasteiger partial charge in [-0.25, -0.2) is 4.98 Å². The van der Waals surface area contributed by atoms with E-state index in [1.807, 2.05) is 18.7 Å². The van der Waals surface area contributed by atoms with Crippen LogP contribution in [0.3, 0.4) is 0 Å². The molecule has 1 saturated heterocycles. The lowest BCUT2D eigenvalue weighted by Crippen LogP contribution is -2.47. The van der Waals surface area contributed by atoms with Gasteiger partial charge in [-0.3, -0.25) is 9.59 Å². The van der Waals surface area contributed by atoms with E-state index in [0.717, 1.165) is 24.3 Å². The van der Waals surface area contributed by atoms with Crippen molar-refractivity contribution >= 4 is 29.3 Å². The first-order chi connectivity index (χ1) is 14.2. The van der Waals surface area contributed by atoms with E-state index < -0.39 is 0 Å². The maximum absolute atomic E-state index is 13.1. The normalized spacial score (nSPS) is 18.1. The molecule has 0 aliphatic carbocycles. The van der Waals surface area contributed by atoms with Crippen molar-refractivity contribution < 1.29 is 14.7 Å². The SMILES string of the molecule is Cc1nc2c(c(C)c1O)C(=Cc1[nH]c(C)c(C(=O)N3CCN(C)CC3)c1C)C(=O)N2. The highest BCUT2D eigenvalue weighted by Crippen LogP contribution is 2.39. The highest BCUT2D eigenvalue weighted by molar-refractivity contribution is 6.35. The molecular formula is C22H27N5O3. The van der Waals surface area contributed by atoms with Crippen LogP contribution in [0.1, 0.15) is 44.1 Å². The molecule has 8 nitrogen and oxygen atoms in total. The average molecular weight is 409 g/mol. The Morgan fingerprint density at radius 2 is 1.77 bits per heavy atom. The Morgan fingerprint density at radius 3 is 2.43 bits per heavy atom. The molecule has 0 radical (unpaired) electrons. The summed E-state index contributed by atoms with van der Waals surface area (Å²) in [7, 11) is 2.06. The van der Waals surface area contributed by atoms with Crippen LogP contribution in [0.2, 0.25) is 0 Å². The summed E-state index contributed by atoms with van der Waals surface area (Å²) >= 11 is 0. The number of aromatic hydroxyl groups is 1. The Kier molecular flexibility index (Phi) is 4.89. The topological polar surface area (TPSA) is 102 Å². The Morgan fingerprint density at radius 1 is 1.10 bits per heavy atom. The molecule has 0 spiro atoms. The van der Waals surface area contributed by atoms with Gasteiger partial charge in [0.1, 0.15) is 11.6 Å². The highest BCUT2D eigenvalue weighted by atomic mass is 16.3. The fourth-order valence-corrected chi connectivity index (χ4v) is 4.24. The van der Waals surface area contributed by atoms with Gasteiger partial charge in [-0.1, -0.05) is 0 Å². The number of anilines is 1. The molecule has 2 aliphatic rings. The van der Waals surface area contributed by atoms with Gasteiger partial charge >= 0.3 is 0 Å². The van der Waals surface area contributed by atoms with E-state index in [4.69, 9.17) is 0 Å². The number of carbonyl (C=O) groups excluding carboxylic acids is 2. The number of nitrogens with zero attached hydrogens (tertiary/aromatic N) is 3. The highest BCUT2D eigenvalue weighted by Gasteiger charge is 2.31. The van der Waals surface area contributed by atoms with E-state index in [1.54, 1.807) is 19.9 Å². The third-order valence-corrected chi connectivity index (χ3v) is 6.10. The van der Waals surface area contributed by atoms with Gasteiger partial charge in [0, 0.05) is 48.7 Å². The third kappa shape index (κ3) is 3.17. The van der Waals surface area contributed by atoms with Gasteiger partial charge in [-0.2, -0.15) is 0 Å². The van der Waals surface area contributed by atoms with E-state index in [9.17, 15) is 14.7 Å². The molecular weight excluding hydrogens is 382 g/mol. The first-order valence-electron chi connectivity index (χ1n) is 10.1. The molecule has 8 heteroatoms. The number of aromatic nitrogens is 2. The van der Waals surface area contributed by atoms with Crippen molar-refractivity contribution in [3.8, 4) is 5.75 Å². The lowest BCUT2D eigenvalue weighted by Gasteiger charge is -2.32. The van der Waals surface area contributed by atoms with Crippen LogP contribution < -0.4 is 5.32 Å². The van der Waals surface area contributed by atoms with Gasteiger partial charge in [-0.05, 0) is 46.4 Å². The van der Waals surface area contributed by atoms with E-state index in [-0.39, 0.29) is 17.6 Å². The Bertz CT molecular complexity index is 1090. The molecule has 158 valence electrons. The van der Waals surface area contributed by atoms with Crippen LogP contribution in [-0.4, -0.2) is 69.9 Å². The minimum Gasteiger partial charge on any atom is -0.506 e. The van der Waals surface area contributed by atoms with E-state index >= 15 is 0 Å². The Balaban J connectivity index is 1.73. The lowest BCUT2D eigenvalue weighted by molar-refractivity contribution is -0.110. The summed E-state index contributed by atoms with van der Waals surface area (Å²) < 4.78 is 0. The maximum atomic E-state index is 13.1. The number of hydrogen-bond acceptors (Lipinski definition) is 5. The molecule has 2 aliphatic heterocycles. The zero-order chi connectivity index (χ0) is 21.7. The molecule has 2 aromatic rings. The third-order valence-electron chi connectivity index (χ3n) is 6.10. The standard InChI is InChI=1S/C22H27N5O3/c1-11-16(23-13(3)17(11)22(30)27-8-6-26(5)7-9-27)10-15-18-12(2)19(28)14(4)24-20(18)25-21(15)29/h10,23,28H,6-9H2,1-5H3,(H,24,25,29). The van der Waals surface area contributed by atoms with Crippen LogP contribution in [-0.2, 0) is 4.79 Å². The number of H-pyrrole nitrogens is 1. The van der Waals surface area contributed by atoms with E-state index in [1.165, 1.54) is 0 Å². The second kappa shape index (κ2) is 7.28. The number of amides is 2. The molecule has 1 fully saturated rings. The molecule has 4 rings (SSSR count). The van der Waals surface area contributed by atoms with Gasteiger partial charge in [0.05, 0.1) is 16.8 Å². The predicted molar refractivity (Wildman–Crippen MR) is 116 cm³/mol. The number of hydrogen-bond donors (Lipinski definition) is 3. The summed E-state index contributed by atoms with van der Waals surface area (Å²) in [4.78, 5) is 37.4. The van der Waals surface area contributed by atoms with E-state index in [2.05, 4.69) is 27.2 Å². The second-order valence-electron chi connectivity index (χ2n) is 8.17. The molecule has 30 heavy (non-hydrogen) atoms. The largest absolute Gasteiger partial charge is 0.506 e. The zero-order valence-electron chi connectivity index (χ0n) is 18.0. The second-order valence-corrected chi connectivity index (χ2v) is 8.17. The van der Waals surface area contributed by atoms with Crippen molar-refractivity contribution in [2.45, 2.75) is 27.7 Å². The molecule has 2 amide bonds. The number of fused-ring (bicyclic) bond motifs is 1. The van der Waals surface area contributed by atoms with Crippen molar-refractivity contribution in [1.29, 1.82) is 0 Å². The number of pyridine rings is 1. The minimum atomic E-state index is -0.274. The molecule has 4 heterocycles. The van der Waals surface area contributed by atoms with Crippen LogP contribution in [0.4, 0.5) is 5.82 Å². The van der Waals surface area contributed by atoms with Crippen LogP contribution in [0.15, 0.2) is 0 Å². The Hall–Kier alpha value is -3.13. The van der Waals surface area contributed by atoms with Gasteiger partial charge < -0.3 is 25.2 Å². The number of aromatic amines is 1. The quantitative estimate of drug-likeness (QED) is 0.661. The minimum absolute atomic E-state index is 0.0152. The number of likely N-dealkylation sites (N-methyl/N-ethyl adjacent to an activating group) is 1. The van der Waals surface area contributed by atoms with Crippen molar-refractivity contribution in [3.63, 3.8) is 0 Å². The van der Waals surface area contributed by atoms with Gasteiger partial charge in [0.15, 0.2) is 0 Å².